The van der Waals surface area contributed by atoms with Crippen LogP contribution in [0.5, 0.6) is 0 Å². The van der Waals surface area contributed by atoms with E-state index in [2.05, 4.69) is 22.1 Å². The first-order valence-electron chi connectivity index (χ1n) is 6.57. The number of hydrogen-bond donors (Lipinski definition) is 0. The summed E-state index contributed by atoms with van der Waals surface area (Å²) in [6.07, 6.45) is 4.59. The number of benzene rings is 1. The maximum Gasteiger partial charge on any atom is 0.274 e. The fraction of sp³-hybridized carbons (Fsp3) is 0.267. The number of carbonyl (C=O) groups is 1. The fourth-order valence-electron chi connectivity index (χ4n) is 2.46. The first-order chi connectivity index (χ1) is 9.74. The molecule has 2 aromatic rings. The quantitative estimate of drug-likeness (QED) is 0.809. The van der Waals surface area contributed by atoms with E-state index in [1.807, 2.05) is 17.0 Å². The SMILES string of the molecule is O=C(c1cnc(Cl)cn1)N1CCc2ccccc2CC1. The van der Waals surface area contributed by atoms with Crippen LogP contribution in [0.25, 0.3) is 0 Å². The molecular formula is C15H14ClN3O. The molecule has 0 fully saturated rings. The maximum atomic E-state index is 12.4. The number of rotatable bonds is 1. The summed E-state index contributed by atoms with van der Waals surface area (Å²) in [6, 6.07) is 8.35. The first-order valence-corrected chi connectivity index (χ1v) is 6.95. The van der Waals surface area contributed by atoms with Crippen molar-refractivity contribution < 1.29 is 4.79 Å². The lowest BCUT2D eigenvalue weighted by atomic mass is 10.0. The third kappa shape index (κ3) is 2.65. The monoisotopic (exact) mass is 287 g/mol. The Hall–Kier alpha value is -1.94. The molecule has 1 aliphatic heterocycles. The predicted octanol–water partition coefficient (Wildman–Crippen LogP) is 2.37. The largest absolute Gasteiger partial charge is 0.337 e. The van der Waals surface area contributed by atoms with Crippen LogP contribution in [0, 0.1) is 0 Å². The van der Waals surface area contributed by atoms with E-state index >= 15 is 0 Å². The molecule has 0 saturated heterocycles. The van der Waals surface area contributed by atoms with Crippen molar-refractivity contribution in [2.24, 2.45) is 0 Å². The normalized spacial score (nSPS) is 14.6. The summed E-state index contributed by atoms with van der Waals surface area (Å²) in [4.78, 5) is 22.2. The second-order valence-corrected chi connectivity index (χ2v) is 5.17. The molecule has 3 rings (SSSR count). The van der Waals surface area contributed by atoms with E-state index in [1.54, 1.807) is 0 Å². The number of aromatic nitrogens is 2. The van der Waals surface area contributed by atoms with Crippen LogP contribution in [0.4, 0.5) is 0 Å². The van der Waals surface area contributed by atoms with Crippen molar-refractivity contribution in [1.82, 2.24) is 14.9 Å². The molecule has 2 heterocycles. The van der Waals surface area contributed by atoms with Crippen molar-refractivity contribution in [3.05, 3.63) is 58.6 Å². The van der Waals surface area contributed by atoms with Crippen LogP contribution in [-0.2, 0) is 12.8 Å². The third-order valence-electron chi connectivity index (χ3n) is 3.55. The summed E-state index contributed by atoms with van der Waals surface area (Å²) in [5, 5.41) is 0.296. The van der Waals surface area contributed by atoms with Gasteiger partial charge in [-0.25, -0.2) is 9.97 Å². The van der Waals surface area contributed by atoms with Gasteiger partial charge in [0.05, 0.1) is 12.4 Å². The highest BCUT2D eigenvalue weighted by atomic mass is 35.5. The minimum absolute atomic E-state index is 0.0815. The molecule has 0 N–H and O–H groups in total. The number of amides is 1. The van der Waals surface area contributed by atoms with E-state index in [0.717, 1.165) is 12.8 Å². The Morgan fingerprint density at radius 1 is 1.05 bits per heavy atom. The van der Waals surface area contributed by atoms with Gasteiger partial charge in [0, 0.05) is 13.1 Å². The lowest BCUT2D eigenvalue weighted by molar-refractivity contribution is 0.0756. The Labute approximate surface area is 122 Å². The molecule has 0 atom stereocenters. The van der Waals surface area contributed by atoms with E-state index < -0.39 is 0 Å². The average Bonchev–Trinajstić information content (AvgIpc) is 2.70. The second kappa shape index (κ2) is 5.59. The highest BCUT2D eigenvalue weighted by Gasteiger charge is 2.20. The van der Waals surface area contributed by atoms with E-state index in [9.17, 15) is 4.79 Å². The van der Waals surface area contributed by atoms with Gasteiger partial charge in [-0.15, -0.1) is 0 Å². The lowest BCUT2D eigenvalue weighted by Gasteiger charge is -2.19. The number of hydrogen-bond acceptors (Lipinski definition) is 3. The van der Waals surface area contributed by atoms with Crippen LogP contribution in [0.15, 0.2) is 36.7 Å². The van der Waals surface area contributed by atoms with Crippen LogP contribution < -0.4 is 0 Å². The van der Waals surface area contributed by atoms with E-state index in [0.29, 0.717) is 23.9 Å². The van der Waals surface area contributed by atoms with Crippen LogP contribution in [0.2, 0.25) is 5.15 Å². The number of nitrogens with zero attached hydrogens (tertiary/aromatic N) is 3. The van der Waals surface area contributed by atoms with Gasteiger partial charge in [0.2, 0.25) is 0 Å². The summed E-state index contributed by atoms with van der Waals surface area (Å²) < 4.78 is 0. The molecule has 4 nitrogen and oxygen atoms in total. The van der Waals surface area contributed by atoms with E-state index in [4.69, 9.17) is 11.6 Å². The van der Waals surface area contributed by atoms with Crippen molar-refractivity contribution in [3.8, 4) is 0 Å². The Morgan fingerprint density at radius 2 is 1.70 bits per heavy atom. The van der Waals surface area contributed by atoms with Gasteiger partial charge in [-0.3, -0.25) is 4.79 Å². The third-order valence-corrected chi connectivity index (χ3v) is 3.74. The van der Waals surface area contributed by atoms with Crippen LogP contribution >= 0.6 is 11.6 Å². The minimum Gasteiger partial charge on any atom is -0.337 e. The fourth-order valence-corrected chi connectivity index (χ4v) is 2.55. The molecule has 20 heavy (non-hydrogen) atoms. The molecule has 0 unspecified atom stereocenters. The van der Waals surface area contributed by atoms with Crippen LogP contribution in [-0.4, -0.2) is 33.9 Å². The molecule has 5 heteroatoms. The van der Waals surface area contributed by atoms with Gasteiger partial charge in [-0.2, -0.15) is 0 Å². The average molecular weight is 288 g/mol. The zero-order chi connectivity index (χ0) is 13.9. The zero-order valence-electron chi connectivity index (χ0n) is 10.9. The molecule has 0 saturated carbocycles. The zero-order valence-corrected chi connectivity index (χ0v) is 11.7. The predicted molar refractivity (Wildman–Crippen MR) is 76.8 cm³/mol. The highest BCUT2D eigenvalue weighted by Crippen LogP contribution is 2.16. The molecule has 1 aliphatic rings. The minimum atomic E-state index is -0.0815. The first kappa shape index (κ1) is 13.1. The van der Waals surface area contributed by atoms with Crippen molar-refractivity contribution in [2.75, 3.05) is 13.1 Å². The van der Waals surface area contributed by atoms with Gasteiger partial charge >= 0.3 is 0 Å². The molecule has 0 radical (unpaired) electrons. The topological polar surface area (TPSA) is 46.1 Å². The van der Waals surface area contributed by atoms with Gasteiger partial charge < -0.3 is 4.90 Å². The standard InChI is InChI=1S/C15H14ClN3O/c16-14-10-17-13(9-18-14)15(20)19-7-5-11-3-1-2-4-12(11)6-8-19/h1-4,9-10H,5-8H2. The van der Waals surface area contributed by atoms with Crippen molar-refractivity contribution in [2.45, 2.75) is 12.8 Å². The summed E-state index contributed by atoms with van der Waals surface area (Å²) in [5.74, 6) is -0.0815. The number of halogens is 1. The molecule has 1 aromatic carbocycles. The molecule has 102 valence electrons. The Balaban J connectivity index is 1.76. The summed E-state index contributed by atoms with van der Waals surface area (Å²) in [5.41, 5.74) is 3.00. The number of fused-ring (bicyclic) bond motifs is 1. The van der Waals surface area contributed by atoms with Crippen LogP contribution in [0.3, 0.4) is 0 Å². The highest BCUT2D eigenvalue weighted by molar-refractivity contribution is 6.29. The van der Waals surface area contributed by atoms with Gasteiger partial charge in [0.25, 0.3) is 5.91 Å². The summed E-state index contributed by atoms with van der Waals surface area (Å²) in [6.45, 7) is 1.42. The van der Waals surface area contributed by atoms with Gasteiger partial charge in [0.1, 0.15) is 10.8 Å². The number of carbonyl (C=O) groups excluding carboxylic acids is 1. The molecule has 1 amide bonds. The Morgan fingerprint density at radius 3 is 2.25 bits per heavy atom. The molecular weight excluding hydrogens is 274 g/mol. The smallest absolute Gasteiger partial charge is 0.274 e. The lowest BCUT2D eigenvalue weighted by Crippen LogP contribution is -2.33. The van der Waals surface area contributed by atoms with Gasteiger partial charge in [-0.1, -0.05) is 35.9 Å². The van der Waals surface area contributed by atoms with Crippen molar-refractivity contribution in [3.63, 3.8) is 0 Å². The van der Waals surface area contributed by atoms with Gasteiger partial charge in [-0.05, 0) is 24.0 Å². The second-order valence-electron chi connectivity index (χ2n) is 4.79. The van der Waals surface area contributed by atoms with Gasteiger partial charge in [0.15, 0.2) is 0 Å². The molecule has 0 spiro atoms. The molecule has 0 bridgehead atoms. The van der Waals surface area contributed by atoms with Crippen molar-refractivity contribution >= 4 is 17.5 Å². The van der Waals surface area contributed by atoms with E-state index in [1.165, 1.54) is 23.5 Å². The van der Waals surface area contributed by atoms with Crippen LogP contribution in [0.1, 0.15) is 21.6 Å². The molecule has 1 aromatic heterocycles. The van der Waals surface area contributed by atoms with E-state index in [-0.39, 0.29) is 5.91 Å². The molecule has 0 aliphatic carbocycles. The summed E-state index contributed by atoms with van der Waals surface area (Å²) >= 11 is 5.69. The van der Waals surface area contributed by atoms with Crippen molar-refractivity contribution in [1.29, 1.82) is 0 Å². The Bertz CT molecular complexity index is 600. The maximum absolute atomic E-state index is 12.4. The summed E-state index contributed by atoms with van der Waals surface area (Å²) in [7, 11) is 0. The Kier molecular flexibility index (Phi) is 3.65.